The Balaban J connectivity index is 1.82. The number of aromatic nitrogens is 2. The number of aliphatic hydroxyl groups is 1. The third-order valence-electron chi connectivity index (χ3n) is 3.57. The van der Waals surface area contributed by atoms with Crippen molar-refractivity contribution in [3.63, 3.8) is 0 Å². The maximum atomic E-state index is 9.51. The molecule has 2 aromatic rings. The quantitative estimate of drug-likeness (QED) is 0.850. The zero-order chi connectivity index (χ0) is 12.4. The summed E-state index contributed by atoms with van der Waals surface area (Å²) in [5.41, 5.74) is 1.97. The smallest absolute Gasteiger partial charge is 0.0964 e. The highest BCUT2D eigenvalue weighted by Gasteiger charge is 2.19. The maximum Gasteiger partial charge on any atom is 0.0964 e. The summed E-state index contributed by atoms with van der Waals surface area (Å²) >= 11 is 0. The Morgan fingerprint density at radius 2 is 2.00 bits per heavy atom. The average Bonchev–Trinajstić information content (AvgIpc) is 2.42. The number of nitrogens with one attached hydrogen (secondary N) is 1. The number of fused-ring (bicyclic) bond motifs is 1. The number of hydrogen-bond acceptors (Lipinski definition) is 4. The van der Waals surface area contributed by atoms with Crippen LogP contribution in [-0.4, -0.2) is 27.2 Å². The van der Waals surface area contributed by atoms with Crippen molar-refractivity contribution in [3.05, 3.63) is 30.7 Å². The van der Waals surface area contributed by atoms with Crippen LogP contribution in [0.25, 0.3) is 10.9 Å². The fraction of sp³-hybridized carbons (Fsp3) is 0.429. The van der Waals surface area contributed by atoms with Gasteiger partial charge < -0.3 is 10.4 Å². The first-order chi connectivity index (χ1) is 8.83. The van der Waals surface area contributed by atoms with Crippen LogP contribution in [0.4, 0.5) is 5.69 Å². The van der Waals surface area contributed by atoms with Gasteiger partial charge >= 0.3 is 0 Å². The summed E-state index contributed by atoms with van der Waals surface area (Å²) in [7, 11) is 0. The zero-order valence-corrected chi connectivity index (χ0v) is 10.2. The molecule has 0 atom stereocenters. The van der Waals surface area contributed by atoms with Gasteiger partial charge in [0.2, 0.25) is 0 Å². The lowest BCUT2D eigenvalue weighted by molar-refractivity contribution is 0.126. The minimum atomic E-state index is -0.119. The Bertz CT molecular complexity index is 530. The van der Waals surface area contributed by atoms with E-state index in [1.54, 1.807) is 6.20 Å². The van der Waals surface area contributed by atoms with Gasteiger partial charge in [-0.2, -0.15) is 0 Å². The molecule has 18 heavy (non-hydrogen) atoms. The average molecular weight is 243 g/mol. The van der Waals surface area contributed by atoms with Gasteiger partial charge in [-0.05, 0) is 37.8 Å². The summed E-state index contributed by atoms with van der Waals surface area (Å²) in [5.74, 6) is 0. The summed E-state index contributed by atoms with van der Waals surface area (Å²) in [5, 5.41) is 14.1. The Morgan fingerprint density at radius 1 is 1.17 bits per heavy atom. The molecule has 4 heteroatoms. The second kappa shape index (κ2) is 4.90. The van der Waals surface area contributed by atoms with E-state index < -0.39 is 0 Å². The first kappa shape index (κ1) is 11.4. The lowest BCUT2D eigenvalue weighted by atomic mass is 9.93. The van der Waals surface area contributed by atoms with Gasteiger partial charge in [0.05, 0.1) is 23.5 Å². The summed E-state index contributed by atoms with van der Waals surface area (Å²) < 4.78 is 0. The molecule has 94 valence electrons. The van der Waals surface area contributed by atoms with Gasteiger partial charge in [-0.15, -0.1) is 0 Å². The Morgan fingerprint density at radius 3 is 2.83 bits per heavy atom. The molecular weight excluding hydrogens is 226 g/mol. The fourth-order valence-electron chi connectivity index (χ4n) is 2.55. The molecule has 0 amide bonds. The molecule has 1 aliphatic carbocycles. The van der Waals surface area contributed by atoms with Crippen molar-refractivity contribution in [3.8, 4) is 0 Å². The van der Waals surface area contributed by atoms with Gasteiger partial charge in [0.25, 0.3) is 0 Å². The van der Waals surface area contributed by atoms with E-state index in [1.165, 1.54) is 0 Å². The van der Waals surface area contributed by atoms with Crippen LogP contribution < -0.4 is 5.32 Å². The minimum Gasteiger partial charge on any atom is -0.393 e. The fourth-order valence-corrected chi connectivity index (χ4v) is 2.55. The minimum absolute atomic E-state index is 0.119. The normalized spacial score (nSPS) is 24.1. The molecule has 0 bridgehead atoms. The molecule has 2 N–H and O–H groups in total. The second-order valence-corrected chi connectivity index (χ2v) is 4.91. The van der Waals surface area contributed by atoms with Gasteiger partial charge in [0.15, 0.2) is 0 Å². The molecule has 2 heterocycles. The van der Waals surface area contributed by atoms with Crippen molar-refractivity contribution in [1.29, 1.82) is 0 Å². The lowest BCUT2D eigenvalue weighted by Crippen LogP contribution is -2.28. The number of pyridine rings is 2. The molecule has 2 aromatic heterocycles. The summed E-state index contributed by atoms with van der Waals surface area (Å²) in [6, 6.07) is 4.36. The maximum absolute atomic E-state index is 9.51. The third-order valence-corrected chi connectivity index (χ3v) is 3.57. The van der Waals surface area contributed by atoms with E-state index in [0.29, 0.717) is 6.04 Å². The standard InChI is InChI=1S/C14H17N3O/c18-12-5-3-11(4-6-12)17-13-9-15-8-10-2-1-7-16-14(10)13/h1-2,7-9,11-12,17-18H,3-6H2. The number of anilines is 1. The summed E-state index contributed by atoms with van der Waals surface area (Å²) in [4.78, 5) is 8.65. The number of aliphatic hydroxyl groups excluding tert-OH is 1. The topological polar surface area (TPSA) is 58.0 Å². The van der Waals surface area contributed by atoms with Crippen LogP contribution in [0.5, 0.6) is 0 Å². The van der Waals surface area contributed by atoms with Gasteiger partial charge in [-0.3, -0.25) is 9.97 Å². The first-order valence-corrected chi connectivity index (χ1v) is 6.46. The molecule has 0 radical (unpaired) electrons. The third kappa shape index (κ3) is 2.29. The van der Waals surface area contributed by atoms with Crippen LogP contribution in [0.1, 0.15) is 25.7 Å². The SMILES string of the molecule is OC1CCC(Nc2cncc3cccnc23)CC1. The van der Waals surface area contributed by atoms with Crippen molar-refractivity contribution < 1.29 is 5.11 Å². The lowest BCUT2D eigenvalue weighted by Gasteiger charge is -2.27. The number of rotatable bonds is 2. The van der Waals surface area contributed by atoms with Crippen molar-refractivity contribution >= 4 is 16.6 Å². The van der Waals surface area contributed by atoms with Crippen LogP contribution in [0, 0.1) is 0 Å². The van der Waals surface area contributed by atoms with Crippen LogP contribution >= 0.6 is 0 Å². The molecular formula is C14H17N3O. The Kier molecular flexibility index (Phi) is 3.11. The van der Waals surface area contributed by atoms with Crippen molar-refractivity contribution in [1.82, 2.24) is 9.97 Å². The molecule has 3 rings (SSSR count). The monoisotopic (exact) mass is 243 g/mol. The van der Waals surface area contributed by atoms with Gasteiger partial charge in [-0.1, -0.05) is 0 Å². The molecule has 0 spiro atoms. The molecule has 0 saturated heterocycles. The van der Waals surface area contributed by atoms with Crippen molar-refractivity contribution in [2.75, 3.05) is 5.32 Å². The second-order valence-electron chi connectivity index (χ2n) is 4.91. The molecule has 1 fully saturated rings. The summed E-state index contributed by atoms with van der Waals surface area (Å²) in [6.07, 6.45) is 9.12. The van der Waals surface area contributed by atoms with Gasteiger partial charge in [0.1, 0.15) is 0 Å². The molecule has 0 aliphatic heterocycles. The molecule has 4 nitrogen and oxygen atoms in total. The molecule has 1 aliphatic rings. The number of hydrogen-bond donors (Lipinski definition) is 2. The van der Waals surface area contributed by atoms with E-state index in [9.17, 15) is 5.11 Å². The van der Waals surface area contributed by atoms with Crippen LogP contribution in [0.2, 0.25) is 0 Å². The van der Waals surface area contributed by atoms with Crippen LogP contribution in [-0.2, 0) is 0 Å². The first-order valence-electron chi connectivity index (χ1n) is 6.46. The highest BCUT2D eigenvalue weighted by atomic mass is 16.3. The van der Waals surface area contributed by atoms with E-state index in [0.717, 1.165) is 42.3 Å². The highest BCUT2D eigenvalue weighted by molar-refractivity contribution is 5.89. The predicted octanol–water partition coefficient (Wildman–Crippen LogP) is 2.35. The van der Waals surface area contributed by atoms with Gasteiger partial charge in [-0.25, -0.2) is 0 Å². The van der Waals surface area contributed by atoms with E-state index in [4.69, 9.17) is 0 Å². The zero-order valence-electron chi connectivity index (χ0n) is 10.2. The van der Waals surface area contributed by atoms with E-state index >= 15 is 0 Å². The largest absolute Gasteiger partial charge is 0.393 e. The van der Waals surface area contributed by atoms with Crippen molar-refractivity contribution in [2.45, 2.75) is 37.8 Å². The van der Waals surface area contributed by atoms with E-state index in [-0.39, 0.29) is 6.10 Å². The van der Waals surface area contributed by atoms with E-state index in [2.05, 4.69) is 15.3 Å². The predicted molar refractivity (Wildman–Crippen MR) is 71.4 cm³/mol. The highest BCUT2D eigenvalue weighted by Crippen LogP contribution is 2.25. The Labute approximate surface area is 106 Å². The van der Waals surface area contributed by atoms with Crippen LogP contribution in [0.15, 0.2) is 30.7 Å². The van der Waals surface area contributed by atoms with Gasteiger partial charge in [0, 0.05) is 23.8 Å². The molecule has 0 unspecified atom stereocenters. The molecule has 0 aromatic carbocycles. The van der Waals surface area contributed by atoms with E-state index in [1.807, 2.05) is 24.5 Å². The molecule has 1 saturated carbocycles. The van der Waals surface area contributed by atoms with Crippen LogP contribution in [0.3, 0.4) is 0 Å². The number of nitrogens with zero attached hydrogens (tertiary/aromatic N) is 2. The Hall–Kier alpha value is -1.68. The van der Waals surface area contributed by atoms with Crippen molar-refractivity contribution in [2.24, 2.45) is 0 Å². The summed E-state index contributed by atoms with van der Waals surface area (Å²) in [6.45, 7) is 0.